The lowest BCUT2D eigenvalue weighted by Gasteiger charge is -2.25. The summed E-state index contributed by atoms with van der Waals surface area (Å²) in [6, 6.07) is 0. The summed E-state index contributed by atoms with van der Waals surface area (Å²) in [6.07, 6.45) is 2.04. The third-order valence-corrected chi connectivity index (χ3v) is 3.49. The third kappa shape index (κ3) is 3.78. The number of carbonyl (C=O) groups is 3. The Kier molecular flexibility index (Phi) is 5.09. The van der Waals surface area contributed by atoms with Gasteiger partial charge in [-0.1, -0.05) is 20.3 Å². The number of carbonyl (C=O) groups excluding carboxylic acids is 3. The Bertz CT molecular complexity index is 372. The summed E-state index contributed by atoms with van der Waals surface area (Å²) in [7, 11) is 0. The Morgan fingerprint density at radius 2 is 1.95 bits per heavy atom. The summed E-state index contributed by atoms with van der Waals surface area (Å²) in [5, 5.41) is 0. The van der Waals surface area contributed by atoms with Crippen molar-refractivity contribution in [2.45, 2.75) is 47.0 Å². The van der Waals surface area contributed by atoms with Gasteiger partial charge < -0.3 is 9.47 Å². The van der Waals surface area contributed by atoms with Crippen molar-refractivity contribution >= 4 is 17.9 Å². The summed E-state index contributed by atoms with van der Waals surface area (Å²) in [5.74, 6) is -2.42. The van der Waals surface area contributed by atoms with Gasteiger partial charge in [-0.05, 0) is 26.7 Å². The lowest BCUT2D eigenvalue weighted by Crippen LogP contribution is -2.32. The molecule has 1 saturated heterocycles. The Balaban J connectivity index is 2.60. The average Bonchev–Trinajstić information content (AvgIpc) is 2.56. The number of hydrogen-bond acceptors (Lipinski definition) is 5. The minimum absolute atomic E-state index is 0.268. The van der Waals surface area contributed by atoms with E-state index < -0.39 is 29.2 Å². The fraction of sp³-hybridized carbons (Fsp3) is 0.786. The molecule has 1 fully saturated rings. The minimum Gasteiger partial charge on any atom is -0.465 e. The molecule has 0 aromatic heterocycles. The zero-order valence-corrected chi connectivity index (χ0v) is 12.0. The topological polar surface area (TPSA) is 69.7 Å². The molecule has 0 aromatic carbocycles. The highest BCUT2D eigenvalue weighted by Gasteiger charge is 2.46. The first-order chi connectivity index (χ1) is 8.79. The zero-order valence-electron chi connectivity index (χ0n) is 12.0. The van der Waals surface area contributed by atoms with Crippen molar-refractivity contribution in [2.75, 3.05) is 6.61 Å². The van der Waals surface area contributed by atoms with Gasteiger partial charge in [0.2, 0.25) is 0 Å². The number of rotatable bonds is 6. The van der Waals surface area contributed by atoms with E-state index in [9.17, 15) is 14.4 Å². The van der Waals surface area contributed by atoms with Gasteiger partial charge in [0.25, 0.3) is 0 Å². The van der Waals surface area contributed by atoms with Gasteiger partial charge >= 0.3 is 17.9 Å². The first-order valence-electron chi connectivity index (χ1n) is 6.72. The molecule has 1 rings (SSSR count). The summed E-state index contributed by atoms with van der Waals surface area (Å²) in [4.78, 5) is 34.8. The van der Waals surface area contributed by atoms with Crippen molar-refractivity contribution in [2.24, 2.45) is 17.3 Å². The van der Waals surface area contributed by atoms with Crippen LogP contribution in [-0.4, -0.2) is 24.5 Å². The fourth-order valence-corrected chi connectivity index (χ4v) is 2.03. The summed E-state index contributed by atoms with van der Waals surface area (Å²) >= 11 is 0. The molecule has 0 radical (unpaired) electrons. The second-order valence-electron chi connectivity index (χ2n) is 5.71. The monoisotopic (exact) mass is 270 g/mol. The Morgan fingerprint density at radius 3 is 2.42 bits per heavy atom. The molecule has 5 heteroatoms. The molecule has 5 nitrogen and oxygen atoms in total. The molecule has 0 bridgehead atoms. The van der Waals surface area contributed by atoms with Crippen LogP contribution >= 0.6 is 0 Å². The maximum Gasteiger partial charge on any atom is 0.317 e. The summed E-state index contributed by atoms with van der Waals surface area (Å²) in [5.41, 5.74) is -0.795. The van der Waals surface area contributed by atoms with Crippen LogP contribution in [0.2, 0.25) is 0 Å². The Hall–Kier alpha value is -1.39. The van der Waals surface area contributed by atoms with Crippen LogP contribution in [0.3, 0.4) is 0 Å². The first kappa shape index (κ1) is 15.7. The average molecular weight is 270 g/mol. The zero-order chi connectivity index (χ0) is 14.6. The standard InChI is InChI=1S/C14H22O5/c1-5-6-7-18-13(17)14(3,4)8-10-9(2)11(15)19-12(10)16/h9-10H,5-8H2,1-4H3. The molecule has 2 atom stereocenters. The summed E-state index contributed by atoms with van der Waals surface area (Å²) in [6.45, 7) is 7.51. The van der Waals surface area contributed by atoms with E-state index in [2.05, 4.69) is 4.74 Å². The molecule has 0 aromatic rings. The van der Waals surface area contributed by atoms with E-state index >= 15 is 0 Å². The molecule has 1 aliphatic heterocycles. The molecule has 0 saturated carbocycles. The molecule has 0 aliphatic carbocycles. The van der Waals surface area contributed by atoms with Gasteiger partial charge in [-0.15, -0.1) is 0 Å². The highest BCUT2D eigenvalue weighted by Crippen LogP contribution is 2.35. The molecular formula is C14H22O5. The fourth-order valence-electron chi connectivity index (χ4n) is 2.03. The smallest absolute Gasteiger partial charge is 0.317 e. The SMILES string of the molecule is CCCCOC(=O)C(C)(C)CC1C(=O)OC(=O)C1C. The number of esters is 3. The maximum atomic E-state index is 12.0. The van der Waals surface area contributed by atoms with E-state index in [-0.39, 0.29) is 12.4 Å². The van der Waals surface area contributed by atoms with Crippen molar-refractivity contribution in [3.05, 3.63) is 0 Å². The predicted molar refractivity (Wildman–Crippen MR) is 68.0 cm³/mol. The summed E-state index contributed by atoms with van der Waals surface area (Å²) < 4.78 is 9.76. The van der Waals surface area contributed by atoms with Crippen molar-refractivity contribution in [3.63, 3.8) is 0 Å². The molecule has 2 unspecified atom stereocenters. The predicted octanol–water partition coefficient (Wildman–Crippen LogP) is 2.08. The van der Waals surface area contributed by atoms with E-state index in [1.807, 2.05) is 6.92 Å². The van der Waals surface area contributed by atoms with Crippen LogP contribution < -0.4 is 0 Å². The molecule has 0 spiro atoms. The van der Waals surface area contributed by atoms with Crippen molar-refractivity contribution in [3.8, 4) is 0 Å². The number of unbranched alkanes of at least 4 members (excludes halogenated alkanes) is 1. The van der Waals surface area contributed by atoms with E-state index in [4.69, 9.17) is 4.74 Å². The normalized spacial score (nSPS) is 23.4. The molecule has 1 heterocycles. The van der Waals surface area contributed by atoms with Crippen LogP contribution in [0.1, 0.15) is 47.0 Å². The van der Waals surface area contributed by atoms with Crippen LogP contribution in [0, 0.1) is 17.3 Å². The van der Waals surface area contributed by atoms with Gasteiger partial charge in [0.1, 0.15) is 0 Å². The Labute approximate surface area is 113 Å². The molecule has 1 aliphatic rings. The largest absolute Gasteiger partial charge is 0.465 e. The highest BCUT2D eigenvalue weighted by atomic mass is 16.6. The Morgan fingerprint density at radius 1 is 1.32 bits per heavy atom. The maximum absolute atomic E-state index is 12.0. The van der Waals surface area contributed by atoms with Crippen LogP contribution in [0.5, 0.6) is 0 Å². The lowest BCUT2D eigenvalue weighted by atomic mass is 9.79. The van der Waals surface area contributed by atoms with Gasteiger partial charge in [-0.25, -0.2) is 0 Å². The highest BCUT2D eigenvalue weighted by molar-refractivity contribution is 5.96. The molecule has 0 amide bonds. The first-order valence-corrected chi connectivity index (χ1v) is 6.72. The van der Waals surface area contributed by atoms with Gasteiger partial charge in [0.15, 0.2) is 0 Å². The second-order valence-corrected chi connectivity index (χ2v) is 5.71. The van der Waals surface area contributed by atoms with Crippen LogP contribution in [-0.2, 0) is 23.9 Å². The van der Waals surface area contributed by atoms with Crippen LogP contribution in [0.25, 0.3) is 0 Å². The van der Waals surface area contributed by atoms with Crippen molar-refractivity contribution in [1.29, 1.82) is 0 Å². The second kappa shape index (κ2) is 6.17. The number of cyclic esters (lactones) is 2. The van der Waals surface area contributed by atoms with E-state index in [0.717, 1.165) is 12.8 Å². The van der Waals surface area contributed by atoms with Crippen molar-refractivity contribution < 1.29 is 23.9 Å². The van der Waals surface area contributed by atoms with Crippen LogP contribution in [0.4, 0.5) is 0 Å². The molecule has 108 valence electrons. The number of ether oxygens (including phenoxy) is 2. The van der Waals surface area contributed by atoms with E-state index in [1.165, 1.54) is 0 Å². The van der Waals surface area contributed by atoms with E-state index in [0.29, 0.717) is 6.61 Å². The molecule has 19 heavy (non-hydrogen) atoms. The van der Waals surface area contributed by atoms with Crippen molar-refractivity contribution in [1.82, 2.24) is 0 Å². The van der Waals surface area contributed by atoms with Crippen LogP contribution in [0.15, 0.2) is 0 Å². The quantitative estimate of drug-likeness (QED) is 0.420. The van der Waals surface area contributed by atoms with Gasteiger partial charge in [-0.3, -0.25) is 14.4 Å². The lowest BCUT2D eigenvalue weighted by molar-refractivity contribution is -0.156. The van der Waals surface area contributed by atoms with Gasteiger partial charge in [-0.2, -0.15) is 0 Å². The minimum atomic E-state index is -0.795. The van der Waals surface area contributed by atoms with Gasteiger partial charge in [0, 0.05) is 0 Å². The van der Waals surface area contributed by atoms with E-state index in [1.54, 1.807) is 20.8 Å². The molecular weight excluding hydrogens is 248 g/mol. The van der Waals surface area contributed by atoms with Gasteiger partial charge in [0.05, 0.1) is 23.9 Å². The number of hydrogen-bond donors (Lipinski definition) is 0. The third-order valence-electron chi connectivity index (χ3n) is 3.49. The molecule has 0 N–H and O–H groups in total.